The molecule has 0 aromatic rings. The molecular formula is C11H22N2O2. The Kier molecular flexibility index (Phi) is 4.54. The molecule has 0 aliphatic carbocycles. The number of ether oxygens (including phenoxy) is 1. The summed E-state index contributed by atoms with van der Waals surface area (Å²) in [6.45, 7) is 9.11. The van der Waals surface area contributed by atoms with Gasteiger partial charge in [-0.2, -0.15) is 0 Å². The van der Waals surface area contributed by atoms with Gasteiger partial charge in [0.15, 0.2) is 0 Å². The lowest BCUT2D eigenvalue weighted by Crippen LogP contribution is -2.48. The number of carbonyl (C=O) groups excluding carboxylic acids is 1. The van der Waals surface area contributed by atoms with E-state index in [2.05, 4.69) is 10.6 Å². The van der Waals surface area contributed by atoms with Crippen LogP contribution in [0.4, 0.5) is 0 Å². The number of piperazine rings is 1. The first-order valence-electron chi connectivity index (χ1n) is 5.61. The van der Waals surface area contributed by atoms with Gasteiger partial charge in [-0.25, -0.2) is 0 Å². The van der Waals surface area contributed by atoms with Crippen LogP contribution >= 0.6 is 0 Å². The molecule has 0 spiro atoms. The minimum absolute atomic E-state index is 0.119. The van der Waals surface area contributed by atoms with Crippen molar-refractivity contribution < 1.29 is 9.53 Å². The van der Waals surface area contributed by atoms with Gasteiger partial charge in [-0.05, 0) is 27.2 Å². The number of hydrogen-bond donors (Lipinski definition) is 2. The summed E-state index contributed by atoms with van der Waals surface area (Å²) in [6.07, 6.45) is 0.884. The van der Waals surface area contributed by atoms with E-state index in [9.17, 15) is 4.79 Å². The summed E-state index contributed by atoms with van der Waals surface area (Å²) in [4.78, 5) is 11.4. The van der Waals surface area contributed by atoms with E-state index >= 15 is 0 Å². The first-order valence-corrected chi connectivity index (χ1v) is 5.61. The van der Waals surface area contributed by atoms with Crippen molar-refractivity contribution in [2.24, 2.45) is 5.41 Å². The molecule has 0 aromatic heterocycles. The molecule has 1 rings (SSSR count). The first-order chi connectivity index (χ1) is 7.00. The highest BCUT2D eigenvalue weighted by Crippen LogP contribution is 2.15. The summed E-state index contributed by atoms with van der Waals surface area (Å²) in [5.74, 6) is -0.119. The molecule has 1 heterocycles. The molecule has 4 heteroatoms. The molecular weight excluding hydrogens is 192 g/mol. The van der Waals surface area contributed by atoms with E-state index in [4.69, 9.17) is 4.74 Å². The second-order valence-electron chi connectivity index (χ2n) is 5.03. The maximum Gasteiger partial charge on any atom is 0.311 e. The van der Waals surface area contributed by atoms with E-state index in [1.165, 1.54) is 0 Å². The van der Waals surface area contributed by atoms with Crippen LogP contribution in [-0.2, 0) is 9.53 Å². The van der Waals surface area contributed by atoms with Gasteiger partial charge >= 0.3 is 5.97 Å². The molecule has 2 N–H and O–H groups in total. The van der Waals surface area contributed by atoms with Crippen LogP contribution in [0.1, 0.15) is 27.2 Å². The molecule has 1 atom stereocenters. The highest BCUT2D eigenvalue weighted by Gasteiger charge is 2.23. The van der Waals surface area contributed by atoms with Gasteiger partial charge in [-0.1, -0.05) is 0 Å². The van der Waals surface area contributed by atoms with Crippen LogP contribution in [-0.4, -0.2) is 38.3 Å². The zero-order chi connectivity index (χ0) is 11.3. The summed E-state index contributed by atoms with van der Waals surface area (Å²) in [6, 6.07) is 0.437. The molecule has 0 aromatic carbocycles. The Labute approximate surface area is 91.8 Å². The summed E-state index contributed by atoms with van der Waals surface area (Å²) >= 11 is 0. The van der Waals surface area contributed by atoms with Gasteiger partial charge in [0.1, 0.15) is 0 Å². The largest absolute Gasteiger partial charge is 0.465 e. The summed E-state index contributed by atoms with van der Waals surface area (Å²) < 4.78 is 5.20. The SMILES string of the molecule is CC(C)(C)C(=O)OCCC1CNCCN1. The molecule has 1 aliphatic heterocycles. The smallest absolute Gasteiger partial charge is 0.311 e. The van der Waals surface area contributed by atoms with Crippen molar-refractivity contribution >= 4 is 5.97 Å². The first kappa shape index (κ1) is 12.5. The second-order valence-corrected chi connectivity index (χ2v) is 5.03. The van der Waals surface area contributed by atoms with Crippen LogP contribution in [0.15, 0.2) is 0 Å². The molecule has 1 saturated heterocycles. The molecule has 1 fully saturated rings. The molecule has 88 valence electrons. The minimum Gasteiger partial charge on any atom is -0.465 e. The van der Waals surface area contributed by atoms with Gasteiger partial charge in [-0.3, -0.25) is 4.79 Å². The normalized spacial score (nSPS) is 22.5. The van der Waals surface area contributed by atoms with E-state index in [0.717, 1.165) is 26.1 Å². The molecule has 1 aliphatic rings. The average molecular weight is 214 g/mol. The van der Waals surface area contributed by atoms with E-state index < -0.39 is 5.41 Å². The maximum atomic E-state index is 11.4. The third-order valence-corrected chi connectivity index (χ3v) is 2.44. The number of nitrogens with one attached hydrogen (secondary N) is 2. The zero-order valence-electron chi connectivity index (χ0n) is 9.93. The van der Waals surface area contributed by atoms with E-state index in [0.29, 0.717) is 12.6 Å². The lowest BCUT2D eigenvalue weighted by Gasteiger charge is -2.25. The molecule has 0 bridgehead atoms. The van der Waals surface area contributed by atoms with Crippen molar-refractivity contribution in [2.45, 2.75) is 33.2 Å². The Hall–Kier alpha value is -0.610. The van der Waals surface area contributed by atoms with Crippen LogP contribution < -0.4 is 10.6 Å². The fourth-order valence-electron chi connectivity index (χ4n) is 1.43. The Morgan fingerprint density at radius 2 is 2.13 bits per heavy atom. The van der Waals surface area contributed by atoms with Crippen LogP contribution in [0.2, 0.25) is 0 Å². The Morgan fingerprint density at radius 1 is 1.40 bits per heavy atom. The van der Waals surface area contributed by atoms with Crippen LogP contribution in [0, 0.1) is 5.41 Å². The van der Waals surface area contributed by atoms with Crippen LogP contribution in [0.3, 0.4) is 0 Å². The van der Waals surface area contributed by atoms with E-state index in [1.807, 2.05) is 20.8 Å². The highest BCUT2D eigenvalue weighted by atomic mass is 16.5. The fraction of sp³-hybridized carbons (Fsp3) is 0.909. The van der Waals surface area contributed by atoms with Crippen molar-refractivity contribution in [1.29, 1.82) is 0 Å². The Balaban J connectivity index is 2.12. The summed E-state index contributed by atoms with van der Waals surface area (Å²) in [5, 5.41) is 6.68. The quantitative estimate of drug-likeness (QED) is 0.673. The third-order valence-electron chi connectivity index (χ3n) is 2.44. The standard InChI is InChI=1S/C11H22N2O2/c1-11(2,3)10(14)15-7-4-9-8-12-5-6-13-9/h9,12-13H,4-8H2,1-3H3. The van der Waals surface area contributed by atoms with Crippen molar-refractivity contribution in [2.75, 3.05) is 26.2 Å². The second kappa shape index (κ2) is 5.47. The minimum atomic E-state index is -0.391. The molecule has 0 radical (unpaired) electrons. The molecule has 15 heavy (non-hydrogen) atoms. The lowest BCUT2D eigenvalue weighted by atomic mass is 9.97. The predicted molar refractivity (Wildman–Crippen MR) is 59.7 cm³/mol. The molecule has 1 unspecified atom stereocenters. The van der Waals surface area contributed by atoms with Gasteiger partial charge in [0.25, 0.3) is 0 Å². The van der Waals surface area contributed by atoms with Crippen LogP contribution in [0.5, 0.6) is 0 Å². The van der Waals surface area contributed by atoms with Crippen molar-refractivity contribution in [3.63, 3.8) is 0 Å². The maximum absolute atomic E-state index is 11.4. The van der Waals surface area contributed by atoms with E-state index in [1.54, 1.807) is 0 Å². The summed E-state index contributed by atoms with van der Waals surface area (Å²) in [5.41, 5.74) is -0.391. The number of rotatable bonds is 3. The van der Waals surface area contributed by atoms with Gasteiger partial charge in [-0.15, -0.1) is 0 Å². The van der Waals surface area contributed by atoms with E-state index in [-0.39, 0.29) is 5.97 Å². The van der Waals surface area contributed by atoms with Crippen molar-refractivity contribution in [3.8, 4) is 0 Å². The lowest BCUT2D eigenvalue weighted by molar-refractivity contribution is -0.153. The van der Waals surface area contributed by atoms with Gasteiger partial charge < -0.3 is 15.4 Å². The monoisotopic (exact) mass is 214 g/mol. The van der Waals surface area contributed by atoms with Gasteiger partial charge in [0.2, 0.25) is 0 Å². The van der Waals surface area contributed by atoms with Crippen molar-refractivity contribution in [3.05, 3.63) is 0 Å². The molecule has 4 nitrogen and oxygen atoms in total. The van der Waals surface area contributed by atoms with Crippen LogP contribution in [0.25, 0.3) is 0 Å². The summed E-state index contributed by atoms with van der Waals surface area (Å²) in [7, 11) is 0. The fourth-order valence-corrected chi connectivity index (χ4v) is 1.43. The topological polar surface area (TPSA) is 50.4 Å². The number of esters is 1. The van der Waals surface area contributed by atoms with Crippen molar-refractivity contribution in [1.82, 2.24) is 10.6 Å². The zero-order valence-corrected chi connectivity index (χ0v) is 9.93. The Morgan fingerprint density at radius 3 is 2.67 bits per heavy atom. The number of carbonyl (C=O) groups is 1. The highest BCUT2D eigenvalue weighted by molar-refractivity contribution is 5.75. The Bertz CT molecular complexity index is 205. The average Bonchev–Trinajstić information content (AvgIpc) is 2.18. The number of hydrogen-bond acceptors (Lipinski definition) is 4. The predicted octanol–water partition coefficient (Wildman–Crippen LogP) is 0.527. The third kappa shape index (κ3) is 4.62. The molecule has 0 amide bonds. The van der Waals surface area contributed by atoms with Gasteiger partial charge in [0.05, 0.1) is 12.0 Å². The molecule has 0 saturated carbocycles. The van der Waals surface area contributed by atoms with Gasteiger partial charge in [0, 0.05) is 25.7 Å².